The smallest absolute Gasteiger partial charge is 0.343 e. The Morgan fingerprint density at radius 2 is 1.40 bits per heavy atom. The van der Waals surface area contributed by atoms with Crippen LogP contribution in [0.4, 0.5) is 5.69 Å². The van der Waals surface area contributed by atoms with Crippen LogP contribution >= 0.6 is 0 Å². The lowest BCUT2D eigenvalue weighted by molar-refractivity contribution is -0.123. The predicted molar refractivity (Wildman–Crippen MR) is 170 cm³/mol. The molecule has 2 saturated carbocycles. The van der Waals surface area contributed by atoms with Crippen LogP contribution in [0, 0.1) is 23.7 Å². The molecule has 9 nitrogen and oxygen atoms in total. The van der Waals surface area contributed by atoms with Gasteiger partial charge in [0.25, 0.3) is 0 Å². The average molecular weight is 630 g/mol. The van der Waals surface area contributed by atoms with Gasteiger partial charge in [-0.25, -0.2) is 9.59 Å². The van der Waals surface area contributed by atoms with Crippen molar-refractivity contribution < 1.29 is 38.2 Å². The predicted octanol–water partition coefficient (Wildman–Crippen LogP) is 5.88. The number of imide groups is 1. The number of ketones is 1. The molecule has 0 N–H and O–H groups in total. The van der Waals surface area contributed by atoms with Crippen LogP contribution < -0.4 is 14.4 Å². The second-order valence-corrected chi connectivity index (χ2v) is 12.2. The molecule has 2 amide bonds. The third-order valence-corrected chi connectivity index (χ3v) is 9.63. The number of fused-ring (bicyclic) bond motifs is 5. The third-order valence-electron chi connectivity index (χ3n) is 9.63. The van der Waals surface area contributed by atoms with Crippen LogP contribution in [-0.4, -0.2) is 43.3 Å². The summed E-state index contributed by atoms with van der Waals surface area (Å²) in [6, 6.07) is 28.8. The Labute approximate surface area is 271 Å². The van der Waals surface area contributed by atoms with Crippen LogP contribution in [0.2, 0.25) is 0 Å². The zero-order valence-electron chi connectivity index (χ0n) is 25.5. The zero-order valence-corrected chi connectivity index (χ0v) is 25.5. The van der Waals surface area contributed by atoms with Crippen molar-refractivity contribution in [3.8, 4) is 11.5 Å². The summed E-state index contributed by atoms with van der Waals surface area (Å²) in [6.45, 7) is -0.499. The minimum Gasteiger partial charge on any atom is -0.497 e. The summed E-state index contributed by atoms with van der Waals surface area (Å²) in [5, 5.41) is 0. The number of rotatable bonds is 9. The highest BCUT2D eigenvalue weighted by atomic mass is 16.5. The summed E-state index contributed by atoms with van der Waals surface area (Å²) >= 11 is 0. The van der Waals surface area contributed by atoms with Gasteiger partial charge in [-0.2, -0.15) is 0 Å². The van der Waals surface area contributed by atoms with E-state index in [-0.39, 0.29) is 58.3 Å². The first-order chi connectivity index (χ1) is 22.8. The topological polar surface area (TPSA) is 116 Å². The molecule has 1 heterocycles. The Morgan fingerprint density at radius 1 is 0.702 bits per heavy atom. The van der Waals surface area contributed by atoms with Gasteiger partial charge in [0.05, 0.1) is 35.8 Å². The molecular formula is C38H31NO8. The summed E-state index contributed by atoms with van der Waals surface area (Å²) in [5.74, 6) is -1.31. The molecule has 2 bridgehead atoms. The fourth-order valence-corrected chi connectivity index (χ4v) is 7.47. The quantitative estimate of drug-likeness (QED) is 0.0975. The van der Waals surface area contributed by atoms with Gasteiger partial charge in [-0.15, -0.1) is 0 Å². The molecule has 236 valence electrons. The zero-order chi connectivity index (χ0) is 32.7. The second-order valence-electron chi connectivity index (χ2n) is 12.2. The van der Waals surface area contributed by atoms with E-state index in [1.807, 2.05) is 18.2 Å². The van der Waals surface area contributed by atoms with E-state index in [1.165, 1.54) is 54.0 Å². The SMILES string of the molecule is COc1cccc(C(=O)Oc2ccc(C(=O)COC(=O)c3ccc(N4C(=O)[C@H]5[C@@H]6C[C@@H]([C@@H]5C4=O)[C@H](c4ccccc4)C6)cc3)cc2)c1. The molecule has 1 aliphatic heterocycles. The van der Waals surface area contributed by atoms with Gasteiger partial charge in [-0.1, -0.05) is 36.4 Å². The molecule has 9 heteroatoms. The number of hydrogen-bond acceptors (Lipinski definition) is 8. The maximum absolute atomic E-state index is 13.6. The van der Waals surface area contributed by atoms with Crippen molar-refractivity contribution in [2.45, 2.75) is 18.8 Å². The molecule has 47 heavy (non-hydrogen) atoms. The molecule has 0 unspecified atom stereocenters. The first kappa shape index (κ1) is 30.1. The van der Waals surface area contributed by atoms with E-state index in [4.69, 9.17) is 14.2 Å². The molecule has 7 rings (SSSR count). The minimum absolute atomic E-state index is 0.144. The molecule has 0 radical (unpaired) electrons. The number of Topliss-reactive ketones (excluding diaryl/α,β-unsaturated/α-hetero) is 1. The summed E-state index contributed by atoms with van der Waals surface area (Å²) in [4.78, 5) is 66.2. The van der Waals surface area contributed by atoms with Crippen molar-refractivity contribution >= 4 is 35.2 Å². The maximum Gasteiger partial charge on any atom is 0.343 e. The monoisotopic (exact) mass is 629 g/mol. The molecule has 3 aliphatic rings. The van der Waals surface area contributed by atoms with E-state index in [0.29, 0.717) is 17.0 Å². The standard InChI is InChI=1S/C38H31NO8/c1-45-29-9-5-8-25(18-29)38(44)47-28-16-12-23(13-17-28)32(40)21-46-37(43)24-10-14-27(15-11-24)39-35(41)33-26-19-30(22-6-3-2-4-7-22)31(20-26)34(33)36(39)42/h2-18,26,30-31,33-34H,19-21H2,1H3/t26-,30-,31+,33-,34-/m0/s1. The second kappa shape index (κ2) is 12.3. The van der Waals surface area contributed by atoms with Gasteiger partial charge >= 0.3 is 11.9 Å². The van der Waals surface area contributed by atoms with Gasteiger partial charge in [0.1, 0.15) is 11.5 Å². The minimum atomic E-state index is -0.714. The number of esters is 2. The number of hydrogen-bond donors (Lipinski definition) is 0. The first-order valence-electron chi connectivity index (χ1n) is 15.5. The lowest BCUT2D eigenvalue weighted by Gasteiger charge is -2.28. The molecule has 2 aliphatic carbocycles. The maximum atomic E-state index is 13.6. The van der Waals surface area contributed by atoms with Crippen molar-refractivity contribution in [3.63, 3.8) is 0 Å². The van der Waals surface area contributed by atoms with E-state index in [9.17, 15) is 24.0 Å². The number of carbonyl (C=O) groups excluding carboxylic acids is 5. The van der Waals surface area contributed by atoms with Gasteiger partial charge in [-0.3, -0.25) is 19.3 Å². The summed E-state index contributed by atoms with van der Waals surface area (Å²) < 4.78 is 15.7. The lowest BCUT2D eigenvalue weighted by Crippen LogP contribution is -2.33. The molecular weight excluding hydrogens is 598 g/mol. The van der Waals surface area contributed by atoms with Crippen LogP contribution in [0.15, 0.2) is 103 Å². The number of ether oxygens (including phenoxy) is 3. The average Bonchev–Trinajstić information content (AvgIpc) is 3.78. The van der Waals surface area contributed by atoms with E-state index in [1.54, 1.807) is 36.4 Å². The van der Waals surface area contributed by atoms with Crippen LogP contribution in [-0.2, 0) is 14.3 Å². The van der Waals surface area contributed by atoms with E-state index in [0.717, 1.165) is 12.8 Å². The van der Waals surface area contributed by atoms with Crippen molar-refractivity contribution in [1.82, 2.24) is 0 Å². The van der Waals surface area contributed by atoms with Crippen LogP contribution in [0.1, 0.15) is 55.4 Å². The Balaban J connectivity index is 0.943. The fourth-order valence-electron chi connectivity index (χ4n) is 7.47. The van der Waals surface area contributed by atoms with Gasteiger partial charge in [-0.05, 0) is 103 Å². The number of nitrogens with zero attached hydrogens (tertiary/aromatic N) is 1. The fraction of sp³-hybridized carbons (Fsp3) is 0.237. The largest absolute Gasteiger partial charge is 0.497 e. The number of anilines is 1. The van der Waals surface area contributed by atoms with Gasteiger partial charge in [0.15, 0.2) is 12.4 Å². The first-order valence-corrected chi connectivity index (χ1v) is 15.5. The Bertz CT molecular complexity index is 1870. The summed E-state index contributed by atoms with van der Waals surface area (Å²) in [5.41, 5.74) is 2.42. The van der Waals surface area contributed by atoms with E-state index < -0.39 is 24.3 Å². The molecule has 3 fully saturated rings. The number of benzene rings is 4. The van der Waals surface area contributed by atoms with Crippen LogP contribution in [0.25, 0.3) is 0 Å². The number of carbonyl (C=O) groups is 5. The Hall–Kier alpha value is -5.57. The molecule has 0 spiro atoms. The van der Waals surface area contributed by atoms with Crippen molar-refractivity contribution in [3.05, 3.63) is 125 Å². The van der Waals surface area contributed by atoms with Crippen molar-refractivity contribution in [2.75, 3.05) is 18.6 Å². The Morgan fingerprint density at radius 3 is 2.13 bits per heavy atom. The molecule has 1 saturated heterocycles. The van der Waals surface area contributed by atoms with Crippen molar-refractivity contribution in [1.29, 1.82) is 0 Å². The molecule has 0 aromatic heterocycles. The van der Waals surface area contributed by atoms with Crippen LogP contribution in [0.3, 0.4) is 0 Å². The highest BCUT2D eigenvalue weighted by Gasteiger charge is 2.64. The Kier molecular flexibility index (Phi) is 7.89. The third kappa shape index (κ3) is 5.58. The van der Waals surface area contributed by atoms with Crippen LogP contribution in [0.5, 0.6) is 11.5 Å². The normalized spacial score (nSPS) is 22.6. The van der Waals surface area contributed by atoms with Crippen molar-refractivity contribution in [2.24, 2.45) is 23.7 Å². The molecule has 5 atom stereocenters. The summed E-state index contributed by atoms with van der Waals surface area (Å²) in [7, 11) is 1.50. The molecule has 4 aromatic rings. The number of amides is 2. The van der Waals surface area contributed by atoms with E-state index >= 15 is 0 Å². The summed E-state index contributed by atoms with van der Waals surface area (Å²) in [6.07, 6.45) is 1.81. The van der Waals surface area contributed by atoms with Gasteiger partial charge in [0.2, 0.25) is 11.8 Å². The van der Waals surface area contributed by atoms with Gasteiger partial charge in [0, 0.05) is 5.56 Å². The van der Waals surface area contributed by atoms with Gasteiger partial charge < -0.3 is 14.2 Å². The molecule has 4 aromatic carbocycles. The highest BCUT2D eigenvalue weighted by molar-refractivity contribution is 6.22. The van der Waals surface area contributed by atoms with E-state index in [2.05, 4.69) is 12.1 Å². The lowest BCUT2D eigenvalue weighted by atomic mass is 9.73. The number of methoxy groups -OCH3 is 1. The highest BCUT2D eigenvalue weighted by Crippen LogP contribution is 2.61.